The first-order chi connectivity index (χ1) is 17.9. The Morgan fingerprint density at radius 2 is 1.76 bits per heavy atom. The zero-order chi connectivity index (χ0) is 26.7. The molecule has 2 aliphatic carbocycles. The number of fused-ring (bicyclic) bond motifs is 2. The third kappa shape index (κ3) is 9.32. The molecule has 0 amide bonds. The van der Waals surface area contributed by atoms with Crippen molar-refractivity contribution in [1.82, 2.24) is 10.2 Å². The number of nitrogens with zero attached hydrogens (tertiary/aromatic N) is 1. The number of likely N-dealkylation sites (N-methyl/N-ethyl adjacent to an activating group) is 1. The van der Waals surface area contributed by atoms with Crippen LogP contribution in [0, 0.1) is 23.2 Å². The number of rotatable bonds is 17. The molecule has 4 nitrogen and oxygen atoms in total. The molecule has 0 heterocycles. The lowest BCUT2D eigenvalue weighted by Crippen LogP contribution is -2.42. The van der Waals surface area contributed by atoms with Crippen molar-refractivity contribution in [3.05, 3.63) is 34.9 Å². The van der Waals surface area contributed by atoms with Crippen LogP contribution in [0.3, 0.4) is 0 Å². The molecule has 2 saturated carbocycles. The van der Waals surface area contributed by atoms with Crippen molar-refractivity contribution in [2.24, 2.45) is 23.2 Å². The van der Waals surface area contributed by atoms with Gasteiger partial charge in [-0.1, -0.05) is 64.7 Å². The highest BCUT2D eigenvalue weighted by Crippen LogP contribution is 2.49. The van der Waals surface area contributed by atoms with Crippen LogP contribution in [0.15, 0.2) is 18.2 Å². The maximum Gasteiger partial charge on any atom is 0.150 e. The molecule has 1 aromatic carbocycles. The van der Waals surface area contributed by atoms with Crippen LogP contribution in [0.2, 0.25) is 0 Å². The van der Waals surface area contributed by atoms with Gasteiger partial charge in [0.15, 0.2) is 0 Å². The number of aldehydes is 2. The number of benzene rings is 1. The number of hydrogen-bond acceptors (Lipinski definition) is 4. The van der Waals surface area contributed by atoms with Gasteiger partial charge in [-0.15, -0.1) is 0 Å². The average molecular weight is 511 g/mol. The number of nitrogens with one attached hydrogen (secondary N) is 1. The predicted molar refractivity (Wildman–Crippen MR) is 155 cm³/mol. The Bertz CT molecular complexity index is 820. The normalized spacial score (nSPS) is 26.2. The third-order valence-corrected chi connectivity index (χ3v) is 9.20. The van der Waals surface area contributed by atoms with E-state index in [2.05, 4.69) is 37.1 Å². The lowest BCUT2D eigenvalue weighted by molar-refractivity contribution is -0.112. The number of carbonyl (C=O) groups is 2. The Labute approximate surface area is 227 Å². The molecule has 208 valence electrons. The molecule has 2 aliphatic rings. The first kappa shape index (κ1) is 30.0. The van der Waals surface area contributed by atoms with Gasteiger partial charge in [0.25, 0.3) is 0 Å². The van der Waals surface area contributed by atoms with Crippen LogP contribution in [0.25, 0.3) is 0 Å². The van der Waals surface area contributed by atoms with Crippen molar-refractivity contribution in [3.8, 4) is 0 Å². The third-order valence-electron chi connectivity index (χ3n) is 9.20. The summed E-state index contributed by atoms with van der Waals surface area (Å²) in [6.45, 7) is 10.1. The molecule has 0 spiro atoms. The van der Waals surface area contributed by atoms with E-state index in [9.17, 15) is 9.59 Å². The van der Waals surface area contributed by atoms with Crippen LogP contribution in [-0.2, 0) is 17.8 Å². The minimum Gasteiger partial charge on any atom is -0.316 e. The molecule has 37 heavy (non-hydrogen) atoms. The smallest absolute Gasteiger partial charge is 0.150 e. The van der Waals surface area contributed by atoms with Gasteiger partial charge in [0.05, 0.1) is 6.04 Å². The minimum atomic E-state index is -0.0878. The van der Waals surface area contributed by atoms with Crippen molar-refractivity contribution >= 4 is 12.6 Å². The fourth-order valence-corrected chi connectivity index (χ4v) is 7.59. The van der Waals surface area contributed by atoms with Gasteiger partial charge in [0.1, 0.15) is 12.6 Å². The fraction of sp³-hybridized carbons (Fsp3) is 0.758. The van der Waals surface area contributed by atoms with Crippen molar-refractivity contribution < 1.29 is 9.59 Å². The first-order valence-corrected chi connectivity index (χ1v) is 15.3. The average Bonchev–Trinajstić information content (AvgIpc) is 2.85. The number of aryl methyl sites for hydroxylation is 1. The van der Waals surface area contributed by atoms with Crippen molar-refractivity contribution in [3.63, 3.8) is 0 Å². The van der Waals surface area contributed by atoms with Crippen molar-refractivity contribution in [2.75, 3.05) is 20.1 Å². The molecule has 3 atom stereocenters. The summed E-state index contributed by atoms with van der Waals surface area (Å²) in [6, 6.07) is 5.98. The van der Waals surface area contributed by atoms with E-state index in [1.807, 2.05) is 19.2 Å². The van der Waals surface area contributed by atoms with Crippen LogP contribution in [0.5, 0.6) is 0 Å². The van der Waals surface area contributed by atoms with E-state index in [1.165, 1.54) is 69.9 Å². The molecule has 0 aliphatic heterocycles. The summed E-state index contributed by atoms with van der Waals surface area (Å²) >= 11 is 0. The summed E-state index contributed by atoms with van der Waals surface area (Å²) < 4.78 is 0. The van der Waals surface area contributed by atoms with Crippen molar-refractivity contribution in [1.29, 1.82) is 0 Å². The van der Waals surface area contributed by atoms with Crippen LogP contribution in [-0.4, -0.2) is 43.7 Å². The predicted octanol–water partition coefficient (Wildman–Crippen LogP) is 7.23. The van der Waals surface area contributed by atoms with Gasteiger partial charge >= 0.3 is 0 Å². The molecule has 4 heteroatoms. The summed E-state index contributed by atoms with van der Waals surface area (Å²) in [7, 11) is 1.99. The Kier molecular flexibility index (Phi) is 12.3. The second-order valence-electron chi connectivity index (χ2n) is 13.0. The van der Waals surface area contributed by atoms with Crippen LogP contribution in [0.1, 0.15) is 119 Å². The van der Waals surface area contributed by atoms with Gasteiger partial charge in [-0.25, -0.2) is 0 Å². The Hall–Kier alpha value is -1.52. The zero-order valence-electron chi connectivity index (χ0n) is 24.3. The van der Waals surface area contributed by atoms with Gasteiger partial charge < -0.3 is 10.1 Å². The molecule has 2 fully saturated rings. The summed E-state index contributed by atoms with van der Waals surface area (Å²) in [4.78, 5) is 25.3. The van der Waals surface area contributed by atoms with Gasteiger partial charge in [0, 0.05) is 18.7 Å². The monoisotopic (exact) mass is 510 g/mol. The first-order valence-electron chi connectivity index (χ1n) is 15.3. The van der Waals surface area contributed by atoms with Gasteiger partial charge in [0.2, 0.25) is 0 Å². The standard InChI is InChI=1S/C33H54N2O2/c1-5-12-31(24-37)35(4)22-32-29(14-11-15-30(32)23-36)13-9-7-6-8-10-16-34-25-33(3)20-27-17-26(2)18-28(19-27)21-33/h11,14-15,23-24,26-28,31,34H,5-10,12-13,16-22,25H2,1-4H3. The number of carbonyl (C=O) groups excluding carboxylic acids is 2. The highest BCUT2D eigenvalue weighted by Gasteiger charge is 2.40. The van der Waals surface area contributed by atoms with E-state index < -0.39 is 0 Å². The highest BCUT2D eigenvalue weighted by atomic mass is 16.1. The summed E-state index contributed by atoms with van der Waals surface area (Å²) in [5, 5.41) is 3.81. The van der Waals surface area contributed by atoms with E-state index in [0.29, 0.717) is 12.0 Å². The number of unbranched alkanes of at least 4 members (excludes halogenated alkanes) is 4. The second kappa shape index (κ2) is 15.2. The molecule has 0 radical (unpaired) electrons. The zero-order valence-corrected chi connectivity index (χ0v) is 24.3. The van der Waals surface area contributed by atoms with Gasteiger partial charge in [-0.05, 0) is 106 Å². The quantitative estimate of drug-likeness (QED) is 0.177. The molecular formula is C33H54N2O2. The molecular weight excluding hydrogens is 456 g/mol. The lowest BCUT2D eigenvalue weighted by atomic mass is 9.59. The molecule has 0 aromatic heterocycles. The van der Waals surface area contributed by atoms with Crippen LogP contribution < -0.4 is 5.32 Å². The van der Waals surface area contributed by atoms with E-state index in [-0.39, 0.29) is 6.04 Å². The van der Waals surface area contributed by atoms with Gasteiger partial charge in [-0.2, -0.15) is 0 Å². The van der Waals surface area contributed by atoms with E-state index in [4.69, 9.17) is 0 Å². The molecule has 1 N–H and O–H groups in total. The van der Waals surface area contributed by atoms with E-state index >= 15 is 0 Å². The largest absolute Gasteiger partial charge is 0.316 e. The fourth-order valence-electron chi connectivity index (χ4n) is 7.59. The van der Waals surface area contributed by atoms with Crippen LogP contribution in [0.4, 0.5) is 0 Å². The molecule has 2 bridgehead atoms. The number of hydrogen-bond donors (Lipinski definition) is 1. The molecule has 3 rings (SSSR count). The van der Waals surface area contributed by atoms with Crippen LogP contribution >= 0.6 is 0 Å². The SMILES string of the molecule is CCCC(C=O)N(C)Cc1c(C=O)cccc1CCCCCCCNCC1(C)CC2CC(C)CC(C2)C1. The molecule has 1 aromatic rings. The minimum absolute atomic E-state index is 0.0878. The van der Waals surface area contributed by atoms with Gasteiger partial charge in [-0.3, -0.25) is 9.69 Å². The van der Waals surface area contributed by atoms with E-state index in [0.717, 1.165) is 73.7 Å². The Morgan fingerprint density at radius 1 is 1.05 bits per heavy atom. The summed E-state index contributed by atoms with van der Waals surface area (Å²) in [5.74, 6) is 2.90. The molecule has 3 unspecified atom stereocenters. The molecule has 0 saturated heterocycles. The summed E-state index contributed by atoms with van der Waals surface area (Å²) in [6.07, 6.45) is 18.3. The van der Waals surface area contributed by atoms with Crippen molar-refractivity contribution in [2.45, 2.75) is 117 Å². The highest BCUT2D eigenvalue weighted by molar-refractivity contribution is 5.78. The maximum atomic E-state index is 11.7. The lowest BCUT2D eigenvalue weighted by Gasteiger charge is -2.47. The maximum absolute atomic E-state index is 11.7. The second-order valence-corrected chi connectivity index (χ2v) is 13.0. The Morgan fingerprint density at radius 3 is 2.43 bits per heavy atom. The summed E-state index contributed by atoms with van der Waals surface area (Å²) in [5.41, 5.74) is 3.64. The Balaban J connectivity index is 1.33. The topological polar surface area (TPSA) is 49.4 Å². The van der Waals surface area contributed by atoms with E-state index in [1.54, 1.807) is 0 Å².